The van der Waals surface area contributed by atoms with Crippen LogP contribution in [0.5, 0.6) is 0 Å². The number of aliphatic hydroxyl groups is 1. The van der Waals surface area contributed by atoms with Gasteiger partial charge in [0.1, 0.15) is 6.04 Å². The average Bonchev–Trinajstić information content (AvgIpc) is 2.49. The number of carbonyl (C=O) groups excluding carboxylic acids is 2. The van der Waals surface area contributed by atoms with Gasteiger partial charge in [-0.25, -0.2) is 0 Å². The first-order valence-electron chi connectivity index (χ1n) is 8.03. The molecule has 2 amide bonds. The number of likely N-dealkylation sites (N-methyl/N-ethyl adjacent to an activating group) is 1. The molecule has 0 aliphatic carbocycles. The van der Waals surface area contributed by atoms with E-state index in [1.54, 1.807) is 24.9 Å². The molecule has 0 saturated carbocycles. The van der Waals surface area contributed by atoms with Gasteiger partial charge < -0.3 is 15.3 Å². The Morgan fingerprint density at radius 2 is 1.83 bits per heavy atom. The first-order valence-corrected chi connectivity index (χ1v) is 8.03. The molecule has 23 heavy (non-hydrogen) atoms. The normalized spacial score (nSPS) is 13.5. The summed E-state index contributed by atoms with van der Waals surface area (Å²) >= 11 is 0. The fourth-order valence-corrected chi connectivity index (χ4v) is 2.29. The number of aliphatic hydroxyl groups excluding tert-OH is 1. The number of hydrogen-bond donors (Lipinski definition) is 2. The van der Waals surface area contributed by atoms with Crippen molar-refractivity contribution in [2.45, 2.75) is 46.3 Å². The van der Waals surface area contributed by atoms with Gasteiger partial charge >= 0.3 is 0 Å². The predicted molar refractivity (Wildman–Crippen MR) is 91.2 cm³/mol. The minimum absolute atomic E-state index is 0.0236. The zero-order chi connectivity index (χ0) is 17.6. The van der Waals surface area contributed by atoms with Crippen LogP contribution in [0.3, 0.4) is 0 Å². The molecule has 2 N–H and O–H groups in total. The molecule has 1 rings (SSSR count). The van der Waals surface area contributed by atoms with Crippen LogP contribution in [0.25, 0.3) is 0 Å². The first-order chi connectivity index (χ1) is 10.7. The highest BCUT2D eigenvalue weighted by molar-refractivity contribution is 5.98. The van der Waals surface area contributed by atoms with Gasteiger partial charge in [0.25, 0.3) is 5.91 Å². The molecular formula is C18H28N2O3. The zero-order valence-corrected chi connectivity index (χ0v) is 14.7. The zero-order valence-electron chi connectivity index (χ0n) is 14.7. The number of benzene rings is 1. The van der Waals surface area contributed by atoms with Crippen molar-refractivity contribution < 1.29 is 14.7 Å². The van der Waals surface area contributed by atoms with Crippen LogP contribution in [0.4, 0.5) is 0 Å². The molecule has 2 unspecified atom stereocenters. The second kappa shape index (κ2) is 8.67. The summed E-state index contributed by atoms with van der Waals surface area (Å²) in [6.45, 7) is 7.83. The van der Waals surface area contributed by atoms with Crippen LogP contribution in [0.2, 0.25) is 0 Å². The maximum absolute atomic E-state index is 12.6. The van der Waals surface area contributed by atoms with Crippen LogP contribution in [0.1, 0.15) is 43.1 Å². The molecule has 0 bridgehead atoms. The highest BCUT2D eigenvalue weighted by Crippen LogP contribution is 2.11. The molecule has 0 radical (unpaired) electrons. The molecule has 1 aromatic carbocycles. The van der Waals surface area contributed by atoms with Crippen LogP contribution in [-0.2, 0) is 4.79 Å². The Morgan fingerprint density at radius 1 is 1.22 bits per heavy atom. The molecule has 1 aromatic rings. The third-order valence-corrected chi connectivity index (χ3v) is 3.87. The molecule has 5 heteroatoms. The SMILES string of the molecule is Cc1ccccc1C(=O)NC(C(=O)N(C)CCC(C)O)C(C)C. The Morgan fingerprint density at radius 3 is 2.35 bits per heavy atom. The molecule has 0 saturated heterocycles. The van der Waals surface area contributed by atoms with E-state index in [1.165, 1.54) is 0 Å². The Balaban J connectivity index is 2.80. The summed E-state index contributed by atoms with van der Waals surface area (Å²) in [4.78, 5) is 26.6. The summed E-state index contributed by atoms with van der Waals surface area (Å²) in [5.74, 6) is -0.397. The third kappa shape index (κ3) is 5.67. The Bertz CT molecular complexity index is 541. The molecular weight excluding hydrogens is 292 g/mol. The van der Waals surface area contributed by atoms with Gasteiger partial charge in [-0.1, -0.05) is 32.0 Å². The summed E-state index contributed by atoms with van der Waals surface area (Å²) < 4.78 is 0. The number of rotatable bonds is 7. The summed E-state index contributed by atoms with van der Waals surface area (Å²) in [5.41, 5.74) is 1.46. The number of nitrogens with one attached hydrogen (secondary N) is 1. The largest absolute Gasteiger partial charge is 0.393 e. The first kappa shape index (κ1) is 19.2. The Labute approximate surface area is 138 Å². The molecule has 0 aliphatic heterocycles. The maximum Gasteiger partial charge on any atom is 0.252 e. The fourth-order valence-electron chi connectivity index (χ4n) is 2.29. The van der Waals surface area contributed by atoms with Crippen LogP contribution in [-0.4, -0.2) is 47.6 Å². The number of amides is 2. The van der Waals surface area contributed by atoms with Gasteiger partial charge in [-0.3, -0.25) is 9.59 Å². The van der Waals surface area contributed by atoms with Crippen LogP contribution in [0.15, 0.2) is 24.3 Å². The molecule has 5 nitrogen and oxygen atoms in total. The van der Waals surface area contributed by atoms with Crippen molar-refractivity contribution >= 4 is 11.8 Å². The summed E-state index contributed by atoms with van der Waals surface area (Å²) in [7, 11) is 1.69. The molecule has 0 fully saturated rings. The molecule has 0 aliphatic rings. The molecule has 0 spiro atoms. The summed E-state index contributed by atoms with van der Waals surface area (Å²) in [6.07, 6.45) is 0.0584. The van der Waals surface area contributed by atoms with Crippen molar-refractivity contribution in [3.05, 3.63) is 35.4 Å². The second-order valence-electron chi connectivity index (χ2n) is 6.41. The number of nitrogens with zero attached hydrogens (tertiary/aromatic N) is 1. The third-order valence-electron chi connectivity index (χ3n) is 3.87. The van der Waals surface area contributed by atoms with Crippen molar-refractivity contribution in [1.29, 1.82) is 0 Å². The van der Waals surface area contributed by atoms with Gasteiger partial charge in [-0.15, -0.1) is 0 Å². The van der Waals surface area contributed by atoms with E-state index < -0.39 is 12.1 Å². The van der Waals surface area contributed by atoms with E-state index in [4.69, 9.17) is 0 Å². The molecule has 2 atom stereocenters. The minimum atomic E-state index is -0.582. The van der Waals surface area contributed by atoms with Crippen molar-refractivity contribution in [2.24, 2.45) is 5.92 Å². The van der Waals surface area contributed by atoms with Crippen LogP contribution >= 0.6 is 0 Å². The van der Waals surface area contributed by atoms with Crippen molar-refractivity contribution in [2.75, 3.05) is 13.6 Å². The lowest BCUT2D eigenvalue weighted by Crippen LogP contribution is -2.50. The number of aryl methyl sites for hydroxylation is 1. The van der Waals surface area contributed by atoms with E-state index in [2.05, 4.69) is 5.32 Å². The second-order valence-corrected chi connectivity index (χ2v) is 6.41. The van der Waals surface area contributed by atoms with E-state index in [0.29, 0.717) is 18.5 Å². The Kier molecular flexibility index (Phi) is 7.23. The lowest BCUT2D eigenvalue weighted by Gasteiger charge is -2.27. The molecule has 0 heterocycles. The van der Waals surface area contributed by atoms with Crippen molar-refractivity contribution in [3.8, 4) is 0 Å². The standard InChI is InChI=1S/C18H28N2O3/c1-12(2)16(18(23)20(5)11-10-14(4)21)19-17(22)15-9-7-6-8-13(15)3/h6-9,12,14,16,21H,10-11H2,1-5H3,(H,19,22). The van der Waals surface area contributed by atoms with Crippen LogP contribution < -0.4 is 5.32 Å². The highest BCUT2D eigenvalue weighted by Gasteiger charge is 2.27. The van der Waals surface area contributed by atoms with E-state index >= 15 is 0 Å². The Hall–Kier alpha value is -1.88. The van der Waals surface area contributed by atoms with Gasteiger partial charge in [0.2, 0.25) is 5.91 Å². The van der Waals surface area contributed by atoms with Gasteiger partial charge in [-0.2, -0.15) is 0 Å². The predicted octanol–water partition coefficient (Wildman–Crippen LogP) is 1.98. The van der Waals surface area contributed by atoms with E-state index in [9.17, 15) is 14.7 Å². The van der Waals surface area contributed by atoms with Gasteiger partial charge in [0.05, 0.1) is 6.10 Å². The minimum Gasteiger partial charge on any atom is -0.393 e. The average molecular weight is 320 g/mol. The summed E-state index contributed by atoms with van der Waals surface area (Å²) in [5, 5.41) is 12.2. The van der Waals surface area contributed by atoms with Gasteiger partial charge in [0.15, 0.2) is 0 Å². The molecule has 128 valence electrons. The fraction of sp³-hybridized carbons (Fsp3) is 0.556. The maximum atomic E-state index is 12.6. The summed E-state index contributed by atoms with van der Waals surface area (Å²) in [6, 6.07) is 6.73. The topological polar surface area (TPSA) is 69.6 Å². The monoisotopic (exact) mass is 320 g/mol. The van der Waals surface area contributed by atoms with Gasteiger partial charge in [-0.05, 0) is 37.8 Å². The number of hydrogen-bond acceptors (Lipinski definition) is 3. The van der Waals surface area contributed by atoms with E-state index in [-0.39, 0.29) is 17.7 Å². The quantitative estimate of drug-likeness (QED) is 0.807. The lowest BCUT2D eigenvalue weighted by atomic mass is 10.0. The van der Waals surface area contributed by atoms with E-state index in [0.717, 1.165) is 5.56 Å². The van der Waals surface area contributed by atoms with E-state index in [1.807, 2.05) is 39.0 Å². The van der Waals surface area contributed by atoms with Crippen molar-refractivity contribution in [1.82, 2.24) is 10.2 Å². The van der Waals surface area contributed by atoms with Crippen LogP contribution in [0, 0.1) is 12.8 Å². The lowest BCUT2D eigenvalue weighted by molar-refractivity contribution is -0.133. The highest BCUT2D eigenvalue weighted by atomic mass is 16.3. The van der Waals surface area contributed by atoms with Crippen molar-refractivity contribution in [3.63, 3.8) is 0 Å². The molecule has 0 aromatic heterocycles. The van der Waals surface area contributed by atoms with Gasteiger partial charge in [0, 0.05) is 19.2 Å². The smallest absolute Gasteiger partial charge is 0.252 e. The number of carbonyl (C=O) groups is 2.